The third-order valence-electron chi connectivity index (χ3n) is 3.63. The fraction of sp³-hybridized carbons (Fsp3) is 0.467. The molecule has 114 valence electrons. The molecule has 0 aromatic heterocycles. The van der Waals surface area contributed by atoms with Crippen molar-refractivity contribution >= 4 is 23.2 Å². The van der Waals surface area contributed by atoms with Crippen LogP contribution >= 0.6 is 0 Å². The van der Waals surface area contributed by atoms with E-state index in [1.165, 1.54) is 4.90 Å². The minimum absolute atomic E-state index is 0.00463. The van der Waals surface area contributed by atoms with Crippen molar-refractivity contribution in [2.75, 3.05) is 30.3 Å². The van der Waals surface area contributed by atoms with E-state index in [2.05, 4.69) is 0 Å². The lowest BCUT2D eigenvalue weighted by molar-refractivity contribution is -0.132. The number of carbonyl (C=O) groups excluding carboxylic acids is 2. The Bertz CT molecular complexity index is 555. The molecular weight excluding hydrogens is 270 g/mol. The third kappa shape index (κ3) is 2.79. The number of fused-ring (bicyclic) bond motifs is 1. The number of hydrogen-bond donors (Lipinski definition) is 1. The van der Waals surface area contributed by atoms with Crippen LogP contribution in [0.25, 0.3) is 0 Å². The number of nitrogen functional groups attached to an aromatic ring is 1. The van der Waals surface area contributed by atoms with E-state index in [0.29, 0.717) is 30.2 Å². The van der Waals surface area contributed by atoms with E-state index in [-0.39, 0.29) is 18.4 Å². The Hall–Kier alpha value is -2.24. The molecular formula is C15H21N3O3. The van der Waals surface area contributed by atoms with Crippen molar-refractivity contribution in [2.24, 2.45) is 0 Å². The molecule has 1 aromatic carbocycles. The van der Waals surface area contributed by atoms with Gasteiger partial charge in [0.25, 0.3) is 5.91 Å². The number of para-hydroxylation sites is 1. The first-order valence-corrected chi connectivity index (χ1v) is 7.13. The van der Waals surface area contributed by atoms with Gasteiger partial charge in [-0.1, -0.05) is 6.07 Å². The molecule has 1 heterocycles. The molecule has 0 aliphatic carbocycles. The smallest absolute Gasteiger partial charge is 0.268 e. The van der Waals surface area contributed by atoms with E-state index in [9.17, 15) is 9.59 Å². The van der Waals surface area contributed by atoms with Gasteiger partial charge >= 0.3 is 0 Å². The van der Waals surface area contributed by atoms with Gasteiger partial charge in [0.05, 0.1) is 11.4 Å². The molecule has 0 saturated carbocycles. The van der Waals surface area contributed by atoms with Gasteiger partial charge in [0.15, 0.2) is 11.9 Å². The van der Waals surface area contributed by atoms with Crippen LogP contribution in [0.5, 0.6) is 5.75 Å². The normalized spacial score (nSPS) is 17.2. The second kappa shape index (κ2) is 6.03. The Morgan fingerprint density at radius 3 is 2.67 bits per heavy atom. The average Bonchev–Trinajstić information content (AvgIpc) is 2.46. The summed E-state index contributed by atoms with van der Waals surface area (Å²) < 4.78 is 5.56. The molecule has 0 bridgehead atoms. The summed E-state index contributed by atoms with van der Waals surface area (Å²) in [7, 11) is 0. The maximum Gasteiger partial charge on any atom is 0.268 e. The SMILES string of the molecule is CCN(CC)C(=O)CN1C(=O)C(C)Oc2c(N)cccc21. The molecule has 6 heteroatoms. The summed E-state index contributed by atoms with van der Waals surface area (Å²) in [5.41, 5.74) is 6.92. The van der Waals surface area contributed by atoms with Gasteiger partial charge in [0.2, 0.25) is 5.91 Å². The minimum atomic E-state index is -0.647. The van der Waals surface area contributed by atoms with Crippen molar-refractivity contribution in [2.45, 2.75) is 26.9 Å². The van der Waals surface area contributed by atoms with Crippen molar-refractivity contribution in [3.8, 4) is 5.75 Å². The van der Waals surface area contributed by atoms with Gasteiger partial charge in [-0.3, -0.25) is 14.5 Å². The number of nitrogens with zero attached hydrogens (tertiary/aromatic N) is 2. The number of amides is 2. The van der Waals surface area contributed by atoms with Crippen LogP contribution in [0.1, 0.15) is 20.8 Å². The van der Waals surface area contributed by atoms with Crippen molar-refractivity contribution in [3.63, 3.8) is 0 Å². The van der Waals surface area contributed by atoms with Crippen LogP contribution in [0.2, 0.25) is 0 Å². The van der Waals surface area contributed by atoms with Gasteiger partial charge in [-0.2, -0.15) is 0 Å². The van der Waals surface area contributed by atoms with Crippen LogP contribution in [0.15, 0.2) is 18.2 Å². The van der Waals surface area contributed by atoms with Gasteiger partial charge in [-0.15, -0.1) is 0 Å². The van der Waals surface area contributed by atoms with E-state index in [1.54, 1.807) is 30.0 Å². The quantitative estimate of drug-likeness (QED) is 0.847. The topological polar surface area (TPSA) is 75.9 Å². The first kappa shape index (κ1) is 15.2. The summed E-state index contributed by atoms with van der Waals surface area (Å²) in [5.74, 6) is 0.154. The summed E-state index contributed by atoms with van der Waals surface area (Å²) in [5, 5.41) is 0. The molecule has 0 fully saturated rings. The lowest BCUT2D eigenvalue weighted by Gasteiger charge is -2.34. The molecule has 1 aromatic rings. The molecule has 0 radical (unpaired) electrons. The lowest BCUT2D eigenvalue weighted by atomic mass is 10.1. The number of benzene rings is 1. The fourth-order valence-electron chi connectivity index (χ4n) is 2.42. The summed E-state index contributed by atoms with van der Waals surface area (Å²) in [6, 6.07) is 5.20. The molecule has 2 N–H and O–H groups in total. The van der Waals surface area contributed by atoms with E-state index < -0.39 is 6.10 Å². The Morgan fingerprint density at radius 2 is 2.05 bits per heavy atom. The summed E-state index contributed by atoms with van der Waals surface area (Å²) >= 11 is 0. The fourth-order valence-corrected chi connectivity index (χ4v) is 2.42. The predicted molar refractivity (Wildman–Crippen MR) is 81.2 cm³/mol. The number of ether oxygens (including phenoxy) is 1. The predicted octanol–water partition coefficient (Wildman–Crippen LogP) is 1.25. The van der Waals surface area contributed by atoms with E-state index in [4.69, 9.17) is 10.5 Å². The first-order chi connectivity index (χ1) is 9.99. The molecule has 6 nitrogen and oxygen atoms in total. The summed E-state index contributed by atoms with van der Waals surface area (Å²) in [6.07, 6.45) is -0.647. The molecule has 2 amide bonds. The number of carbonyl (C=O) groups is 2. The number of likely N-dealkylation sites (N-methyl/N-ethyl adjacent to an activating group) is 1. The van der Waals surface area contributed by atoms with E-state index >= 15 is 0 Å². The Morgan fingerprint density at radius 1 is 1.38 bits per heavy atom. The molecule has 0 saturated heterocycles. The van der Waals surface area contributed by atoms with Gasteiger partial charge < -0.3 is 15.4 Å². The number of rotatable bonds is 4. The zero-order valence-electron chi connectivity index (χ0n) is 12.6. The van der Waals surface area contributed by atoms with Crippen LogP contribution in [0.4, 0.5) is 11.4 Å². The lowest BCUT2D eigenvalue weighted by Crippen LogP contribution is -2.49. The van der Waals surface area contributed by atoms with Gasteiger partial charge in [-0.25, -0.2) is 0 Å². The standard InChI is InChI=1S/C15H21N3O3/c1-4-17(5-2)13(19)9-18-12-8-6-7-11(16)14(12)21-10(3)15(18)20/h6-8,10H,4-5,9,16H2,1-3H3. The molecule has 2 rings (SSSR count). The second-order valence-electron chi connectivity index (χ2n) is 4.95. The highest BCUT2D eigenvalue weighted by Gasteiger charge is 2.34. The molecule has 1 aliphatic heterocycles. The average molecular weight is 291 g/mol. The van der Waals surface area contributed by atoms with Crippen LogP contribution in [-0.2, 0) is 9.59 Å². The summed E-state index contributed by atoms with van der Waals surface area (Å²) in [6.45, 7) is 6.73. The zero-order valence-corrected chi connectivity index (χ0v) is 12.6. The van der Waals surface area contributed by atoms with Crippen LogP contribution in [0, 0.1) is 0 Å². The highest BCUT2D eigenvalue weighted by Crippen LogP contribution is 2.38. The van der Waals surface area contributed by atoms with Crippen molar-refractivity contribution in [1.29, 1.82) is 0 Å². The van der Waals surface area contributed by atoms with Gasteiger partial charge in [-0.05, 0) is 32.9 Å². The van der Waals surface area contributed by atoms with Crippen molar-refractivity contribution in [1.82, 2.24) is 4.90 Å². The highest BCUT2D eigenvalue weighted by atomic mass is 16.5. The molecule has 1 unspecified atom stereocenters. The monoisotopic (exact) mass is 291 g/mol. The van der Waals surface area contributed by atoms with Crippen molar-refractivity contribution in [3.05, 3.63) is 18.2 Å². The first-order valence-electron chi connectivity index (χ1n) is 7.13. The minimum Gasteiger partial charge on any atom is -0.477 e. The van der Waals surface area contributed by atoms with Crippen LogP contribution < -0.4 is 15.4 Å². The van der Waals surface area contributed by atoms with E-state index in [1.807, 2.05) is 13.8 Å². The molecule has 0 spiro atoms. The zero-order chi connectivity index (χ0) is 15.6. The maximum atomic E-state index is 12.3. The van der Waals surface area contributed by atoms with Gasteiger partial charge in [0.1, 0.15) is 6.54 Å². The largest absolute Gasteiger partial charge is 0.477 e. The Kier molecular flexibility index (Phi) is 4.35. The number of hydrogen-bond acceptors (Lipinski definition) is 4. The Labute approximate surface area is 124 Å². The summed E-state index contributed by atoms with van der Waals surface area (Å²) in [4.78, 5) is 27.8. The van der Waals surface area contributed by atoms with Gasteiger partial charge in [0, 0.05) is 13.1 Å². The van der Waals surface area contributed by atoms with Crippen LogP contribution in [-0.4, -0.2) is 42.5 Å². The molecule has 1 aliphatic rings. The Balaban J connectivity index is 2.32. The van der Waals surface area contributed by atoms with Crippen molar-refractivity contribution < 1.29 is 14.3 Å². The highest BCUT2D eigenvalue weighted by molar-refractivity contribution is 6.04. The second-order valence-corrected chi connectivity index (χ2v) is 4.95. The number of anilines is 2. The third-order valence-corrected chi connectivity index (χ3v) is 3.63. The van der Waals surface area contributed by atoms with E-state index in [0.717, 1.165) is 0 Å². The maximum absolute atomic E-state index is 12.3. The number of nitrogens with two attached hydrogens (primary N) is 1. The molecule has 21 heavy (non-hydrogen) atoms. The van der Waals surface area contributed by atoms with Crippen LogP contribution in [0.3, 0.4) is 0 Å². The molecule has 1 atom stereocenters.